The molecule has 1 atom stereocenters. The summed E-state index contributed by atoms with van der Waals surface area (Å²) in [7, 11) is 0. The molecule has 0 radical (unpaired) electrons. The fraction of sp³-hybridized carbons (Fsp3) is 0.353. The first-order valence-corrected chi connectivity index (χ1v) is 7.63. The first-order valence-electron chi connectivity index (χ1n) is 7.25. The van der Waals surface area contributed by atoms with Crippen LogP contribution in [0.2, 0.25) is 5.02 Å². The Balaban J connectivity index is 2.11. The number of hydrogen-bond acceptors (Lipinski definition) is 3. The van der Waals surface area contributed by atoms with Gasteiger partial charge in [0.15, 0.2) is 0 Å². The fourth-order valence-electron chi connectivity index (χ4n) is 2.10. The van der Waals surface area contributed by atoms with Gasteiger partial charge >= 0.3 is 0 Å². The van der Waals surface area contributed by atoms with Crippen LogP contribution in [0.5, 0.6) is 5.75 Å². The highest BCUT2D eigenvalue weighted by Crippen LogP contribution is 2.29. The molecule has 1 aromatic carbocycles. The molecule has 0 bridgehead atoms. The van der Waals surface area contributed by atoms with Gasteiger partial charge in [0.1, 0.15) is 12.4 Å². The van der Waals surface area contributed by atoms with E-state index in [0.717, 1.165) is 34.9 Å². The number of halogens is 1. The number of ether oxygens (including phenoxy) is 1. The molecule has 3 nitrogen and oxygen atoms in total. The summed E-state index contributed by atoms with van der Waals surface area (Å²) in [6.45, 7) is 5.77. The van der Waals surface area contributed by atoms with Crippen LogP contribution >= 0.6 is 11.6 Å². The number of pyridine rings is 1. The molecule has 0 aliphatic carbocycles. The van der Waals surface area contributed by atoms with Crippen molar-refractivity contribution in [2.24, 2.45) is 0 Å². The molecule has 112 valence electrons. The summed E-state index contributed by atoms with van der Waals surface area (Å²) in [4.78, 5) is 4.01. The number of aromatic nitrogens is 1. The maximum absolute atomic E-state index is 6.12. The summed E-state index contributed by atoms with van der Waals surface area (Å²) >= 11 is 6.12. The van der Waals surface area contributed by atoms with E-state index in [2.05, 4.69) is 24.1 Å². The quantitative estimate of drug-likeness (QED) is 0.824. The van der Waals surface area contributed by atoms with Crippen molar-refractivity contribution >= 4 is 11.6 Å². The van der Waals surface area contributed by atoms with Crippen LogP contribution in [0.3, 0.4) is 0 Å². The van der Waals surface area contributed by atoms with Crippen LogP contribution in [0.25, 0.3) is 0 Å². The van der Waals surface area contributed by atoms with E-state index in [1.165, 1.54) is 0 Å². The number of nitrogens with one attached hydrogen (secondary N) is 1. The maximum atomic E-state index is 6.12. The Morgan fingerprint density at radius 3 is 2.71 bits per heavy atom. The Morgan fingerprint density at radius 2 is 2.00 bits per heavy atom. The third-order valence-electron chi connectivity index (χ3n) is 3.28. The SMILES string of the molecule is CCCNC(C)c1cc(Cl)ccc1OCc1ccncc1. The first-order chi connectivity index (χ1) is 10.2. The van der Waals surface area contributed by atoms with Gasteiger partial charge in [0, 0.05) is 29.0 Å². The number of hydrogen-bond donors (Lipinski definition) is 1. The number of nitrogens with zero attached hydrogens (tertiary/aromatic N) is 1. The smallest absolute Gasteiger partial charge is 0.124 e. The van der Waals surface area contributed by atoms with Crippen molar-refractivity contribution in [3.63, 3.8) is 0 Å². The minimum atomic E-state index is 0.205. The van der Waals surface area contributed by atoms with Crippen LogP contribution in [0.15, 0.2) is 42.7 Å². The zero-order valence-corrected chi connectivity index (χ0v) is 13.2. The summed E-state index contributed by atoms with van der Waals surface area (Å²) in [5, 5.41) is 4.19. The van der Waals surface area contributed by atoms with Gasteiger partial charge in [0.25, 0.3) is 0 Å². The lowest BCUT2D eigenvalue weighted by Gasteiger charge is -2.18. The van der Waals surface area contributed by atoms with Crippen molar-refractivity contribution in [3.05, 3.63) is 58.9 Å². The lowest BCUT2D eigenvalue weighted by Crippen LogP contribution is -2.20. The fourth-order valence-corrected chi connectivity index (χ4v) is 2.28. The van der Waals surface area contributed by atoms with E-state index in [0.29, 0.717) is 6.61 Å². The van der Waals surface area contributed by atoms with E-state index < -0.39 is 0 Å². The largest absolute Gasteiger partial charge is 0.489 e. The second kappa shape index (κ2) is 8.01. The Labute approximate surface area is 131 Å². The molecule has 0 saturated carbocycles. The molecule has 1 heterocycles. The molecule has 2 rings (SSSR count). The second-order valence-corrected chi connectivity index (χ2v) is 5.44. The standard InChI is InChI=1S/C17H21ClN2O/c1-3-8-20-13(2)16-11-15(18)4-5-17(16)21-12-14-6-9-19-10-7-14/h4-7,9-11,13,20H,3,8,12H2,1-2H3. The topological polar surface area (TPSA) is 34.1 Å². The molecule has 4 heteroatoms. The molecule has 1 N–H and O–H groups in total. The van der Waals surface area contributed by atoms with Crippen LogP contribution in [-0.4, -0.2) is 11.5 Å². The van der Waals surface area contributed by atoms with Crippen LogP contribution in [-0.2, 0) is 6.61 Å². The summed E-state index contributed by atoms with van der Waals surface area (Å²) < 4.78 is 5.95. The van der Waals surface area contributed by atoms with Crippen LogP contribution < -0.4 is 10.1 Å². The zero-order valence-electron chi connectivity index (χ0n) is 12.5. The molecule has 0 saturated heterocycles. The third-order valence-corrected chi connectivity index (χ3v) is 3.52. The van der Waals surface area contributed by atoms with Gasteiger partial charge in [-0.1, -0.05) is 18.5 Å². The van der Waals surface area contributed by atoms with Gasteiger partial charge < -0.3 is 10.1 Å². The Morgan fingerprint density at radius 1 is 1.24 bits per heavy atom. The normalized spacial score (nSPS) is 12.1. The van der Waals surface area contributed by atoms with Gasteiger partial charge in [-0.3, -0.25) is 4.98 Å². The number of benzene rings is 1. The second-order valence-electron chi connectivity index (χ2n) is 5.00. The highest BCUT2D eigenvalue weighted by molar-refractivity contribution is 6.30. The van der Waals surface area contributed by atoms with Gasteiger partial charge in [-0.2, -0.15) is 0 Å². The van der Waals surface area contributed by atoms with Gasteiger partial charge in [-0.15, -0.1) is 0 Å². The van der Waals surface area contributed by atoms with E-state index >= 15 is 0 Å². The average molecular weight is 305 g/mol. The summed E-state index contributed by atoms with van der Waals surface area (Å²) in [6, 6.07) is 9.87. The Kier molecular flexibility index (Phi) is 6.03. The van der Waals surface area contributed by atoms with E-state index in [-0.39, 0.29) is 6.04 Å². The molecule has 21 heavy (non-hydrogen) atoms. The van der Waals surface area contributed by atoms with Gasteiger partial charge in [-0.05, 0) is 55.8 Å². The molecule has 0 fully saturated rings. The minimum Gasteiger partial charge on any atom is -0.489 e. The van der Waals surface area contributed by atoms with Crippen LogP contribution in [0.4, 0.5) is 0 Å². The molecule has 0 aliphatic heterocycles. The van der Waals surface area contributed by atoms with E-state index in [1.807, 2.05) is 30.3 Å². The van der Waals surface area contributed by atoms with Crippen molar-refractivity contribution in [2.45, 2.75) is 32.9 Å². The van der Waals surface area contributed by atoms with E-state index in [4.69, 9.17) is 16.3 Å². The monoisotopic (exact) mass is 304 g/mol. The van der Waals surface area contributed by atoms with Gasteiger partial charge in [-0.25, -0.2) is 0 Å². The lowest BCUT2D eigenvalue weighted by molar-refractivity contribution is 0.299. The van der Waals surface area contributed by atoms with Crippen molar-refractivity contribution in [2.75, 3.05) is 6.54 Å². The molecule has 0 aliphatic rings. The molecule has 2 aromatic rings. The predicted molar refractivity (Wildman–Crippen MR) is 86.7 cm³/mol. The Hall–Kier alpha value is -1.58. The van der Waals surface area contributed by atoms with Crippen LogP contribution in [0.1, 0.15) is 37.4 Å². The molecule has 0 spiro atoms. The summed E-state index contributed by atoms with van der Waals surface area (Å²) in [5.41, 5.74) is 2.19. The van der Waals surface area contributed by atoms with Gasteiger partial charge in [0.05, 0.1) is 0 Å². The van der Waals surface area contributed by atoms with Crippen LogP contribution in [0, 0.1) is 0 Å². The highest BCUT2D eigenvalue weighted by atomic mass is 35.5. The number of rotatable bonds is 7. The predicted octanol–water partition coefficient (Wildman–Crippen LogP) is 4.37. The molecule has 1 unspecified atom stereocenters. The lowest BCUT2D eigenvalue weighted by atomic mass is 10.1. The highest BCUT2D eigenvalue weighted by Gasteiger charge is 2.12. The molecular formula is C17H21ClN2O. The van der Waals surface area contributed by atoms with Crippen molar-refractivity contribution in [1.29, 1.82) is 0 Å². The average Bonchev–Trinajstić information content (AvgIpc) is 2.52. The first kappa shape index (κ1) is 15.8. The van der Waals surface area contributed by atoms with Gasteiger partial charge in [0.2, 0.25) is 0 Å². The third kappa shape index (κ3) is 4.73. The van der Waals surface area contributed by atoms with Crippen molar-refractivity contribution in [3.8, 4) is 5.75 Å². The van der Waals surface area contributed by atoms with E-state index in [9.17, 15) is 0 Å². The molecule has 1 aromatic heterocycles. The van der Waals surface area contributed by atoms with E-state index in [1.54, 1.807) is 12.4 Å². The maximum Gasteiger partial charge on any atom is 0.124 e. The molecule has 0 amide bonds. The Bertz CT molecular complexity index is 560. The zero-order chi connectivity index (χ0) is 15.1. The summed E-state index contributed by atoms with van der Waals surface area (Å²) in [5.74, 6) is 0.868. The van der Waals surface area contributed by atoms with Crippen molar-refractivity contribution < 1.29 is 4.74 Å². The minimum absolute atomic E-state index is 0.205. The van der Waals surface area contributed by atoms with Crippen molar-refractivity contribution in [1.82, 2.24) is 10.3 Å². The molecular weight excluding hydrogens is 284 g/mol. The summed E-state index contributed by atoms with van der Waals surface area (Å²) in [6.07, 6.45) is 4.64.